The molecular weight excluding hydrogens is 575 g/mol. The lowest BCUT2D eigenvalue weighted by atomic mass is 9.86. The summed E-state index contributed by atoms with van der Waals surface area (Å²) in [6.45, 7) is 12.4. The molecule has 1 atom stereocenters. The molecule has 1 unspecified atom stereocenters. The largest absolute Gasteiger partial charge is 0.496 e. The van der Waals surface area contributed by atoms with Gasteiger partial charge in [-0.2, -0.15) is 0 Å². The van der Waals surface area contributed by atoms with E-state index in [1.807, 2.05) is 44.2 Å². The topological polar surface area (TPSA) is 88.1 Å². The van der Waals surface area contributed by atoms with Gasteiger partial charge in [0.05, 0.1) is 28.4 Å². The Morgan fingerprint density at radius 1 is 0.636 bits per heavy atom. The molecule has 0 saturated carbocycles. The second kappa shape index (κ2) is 17.0. The van der Waals surface area contributed by atoms with Crippen LogP contribution in [-0.2, 0) is 0 Å². The van der Waals surface area contributed by atoms with Crippen molar-refractivity contribution in [1.82, 2.24) is 0 Å². The molecule has 0 aliphatic heterocycles. The maximum Gasteiger partial charge on any atom is 0.199 e. The van der Waals surface area contributed by atoms with Gasteiger partial charge in [-0.3, -0.25) is 14.4 Å². The molecule has 0 radical (unpaired) electrons. The first-order chi connectivity index (χ1) is 20.8. The maximum atomic E-state index is 14.0. The normalized spacial score (nSPS) is 11.7. The molecule has 8 heteroatoms. The fourth-order valence-corrected chi connectivity index (χ4v) is 7.26. The molecule has 0 aromatic heterocycles. The monoisotopic (exact) mass is 622 g/mol. The first-order valence-electron chi connectivity index (χ1n) is 14.7. The maximum absolute atomic E-state index is 14.0. The van der Waals surface area contributed by atoms with Crippen molar-refractivity contribution < 1.29 is 33.3 Å². The van der Waals surface area contributed by atoms with E-state index in [-0.39, 0.29) is 34.1 Å². The van der Waals surface area contributed by atoms with E-state index < -0.39 is 7.92 Å². The molecule has 3 rings (SSSR count). The van der Waals surface area contributed by atoms with Gasteiger partial charge in [0.15, 0.2) is 16.8 Å². The van der Waals surface area contributed by atoms with Gasteiger partial charge >= 0.3 is 0 Å². The van der Waals surface area contributed by atoms with Crippen LogP contribution in [0.4, 0.5) is 0 Å². The van der Waals surface area contributed by atoms with Gasteiger partial charge in [-0.1, -0.05) is 84.0 Å². The molecule has 0 amide bonds. The third-order valence-corrected chi connectivity index (χ3v) is 9.23. The minimum atomic E-state index is -1.81. The van der Waals surface area contributed by atoms with Gasteiger partial charge in [0, 0.05) is 19.4 Å². The van der Waals surface area contributed by atoms with E-state index in [1.54, 1.807) is 36.4 Å². The number of hydrogen-bond acceptors (Lipinski definition) is 7. The van der Waals surface area contributed by atoms with Gasteiger partial charge in [0.1, 0.15) is 34.1 Å². The first kappa shape index (κ1) is 36.5. The Bertz CT molecular complexity index is 1280. The first-order valence-corrected chi connectivity index (χ1v) is 16.2. The van der Waals surface area contributed by atoms with Crippen molar-refractivity contribution >= 4 is 24.8 Å². The van der Waals surface area contributed by atoms with Gasteiger partial charge in [-0.15, -0.1) is 0 Å². The number of carbonyl (C=O) groups is 3. The summed E-state index contributed by atoms with van der Waals surface area (Å²) in [5.41, 5.74) is 0.896. The molecule has 0 aliphatic carbocycles. The van der Waals surface area contributed by atoms with Crippen molar-refractivity contribution in [2.45, 2.75) is 48.0 Å². The Morgan fingerprint density at radius 2 is 1.02 bits per heavy atom. The zero-order chi connectivity index (χ0) is 33.0. The molecule has 0 N–H and O–H groups in total. The summed E-state index contributed by atoms with van der Waals surface area (Å²) in [7, 11) is 4.19. The van der Waals surface area contributed by atoms with E-state index in [1.165, 1.54) is 28.4 Å². The van der Waals surface area contributed by atoms with Crippen LogP contribution in [0.15, 0.2) is 66.7 Å². The van der Waals surface area contributed by atoms with Crippen molar-refractivity contribution in [3.05, 3.63) is 83.4 Å². The quantitative estimate of drug-likeness (QED) is 0.139. The highest BCUT2D eigenvalue weighted by atomic mass is 31.1. The molecule has 44 heavy (non-hydrogen) atoms. The number of ether oxygens (including phenoxy) is 4. The summed E-state index contributed by atoms with van der Waals surface area (Å²) in [4.78, 5) is 39.3. The van der Waals surface area contributed by atoms with E-state index in [0.717, 1.165) is 12.0 Å². The van der Waals surface area contributed by atoms with E-state index >= 15 is 0 Å². The Balaban J connectivity index is 0.000000514. The minimum absolute atomic E-state index is 0.0662. The van der Waals surface area contributed by atoms with Gasteiger partial charge in [-0.05, 0) is 48.2 Å². The summed E-state index contributed by atoms with van der Waals surface area (Å²) in [5.74, 6) is 1.99. The second-order valence-corrected chi connectivity index (χ2v) is 14.1. The summed E-state index contributed by atoms with van der Waals surface area (Å²) in [5, 5.41) is 0. The smallest absolute Gasteiger partial charge is 0.199 e. The SMILES string of the molecule is CC(C)C(=O)c1ccccc1.COc1cccc(OC)c1C(=O)P(CC(C)CC(C)(C)C)C(=O)c1c(OC)cccc1OC. The lowest BCUT2D eigenvalue weighted by Crippen LogP contribution is -2.19. The van der Waals surface area contributed by atoms with E-state index in [4.69, 9.17) is 18.9 Å². The molecule has 0 aliphatic rings. The minimum Gasteiger partial charge on any atom is -0.496 e. The number of hydrogen-bond donors (Lipinski definition) is 0. The lowest BCUT2D eigenvalue weighted by molar-refractivity contribution is 0.0938. The van der Waals surface area contributed by atoms with Crippen LogP contribution in [-0.4, -0.2) is 51.4 Å². The van der Waals surface area contributed by atoms with Crippen molar-refractivity contribution in [3.63, 3.8) is 0 Å². The van der Waals surface area contributed by atoms with Gasteiger partial charge in [0.25, 0.3) is 0 Å². The number of ketones is 1. The molecule has 0 heterocycles. The van der Waals surface area contributed by atoms with Gasteiger partial charge in [0.2, 0.25) is 0 Å². The van der Waals surface area contributed by atoms with Crippen LogP contribution in [0.1, 0.15) is 79.0 Å². The van der Waals surface area contributed by atoms with Crippen molar-refractivity contribution in [2.75, 3.05) is 34.6 Å². The van der Waals surface area contributed by atoms with Crippen LogP contribution in [0, 0.1) is 17.3 Å². The third kappa shape index (κ3) is 9.92. The van der Waals surface area contributed by atoms with Gasteiger partial charge < -0.3 is 18.9 Å². The molecule has 0 fully saturated rings. The summed E-state index contributed by atoms with van der Waals surface area (Å²) in [6, 6.07) is 19.7. The highest BCUT2D eigenvalue weighted by Crippen LogP contribution is 2.51. The van der Waals surface area contributed by atoms with Crippen LogP contribution in [0.2, 0.25) is 0 Å². The fraction of sp³-hybridized carbons (Fsp3) is 0.417. The number of Topliss-reactive ketones (excluding diaryl/α,β-unsaturated/α-hetero) is 1. The van der Waals surface area contributed by atoms with Crippen molar-refractivity contribution in [1.29, 1.82) is 0 Å². The molecule has 0 spiro atoms. The highest BCUT2D eigenvalue weighted by Gasteiger charge is 2.36. The van der Waals surface area contributed by atoms with Crippen molar-refractivity contribution in [3.8, 4) is 23.0 Å². The third-order valence-electron chi connectivity index (χ3n) is 6.81. The highest BCUT2D eigenvalue weighted by molar-refractivity contribution is 7.90. The van der Waals surface area contributed by atoms with Gasteiger partial charge in [-0.25, -0.2) is 0 Å². The van der Waals surface area contributed by atoms with Crippen LogP contribution in [0.3, 0.4) is 0 Å². The standard InChI is InChI=1S/C26H35O6P.C10H12O/c1-17(15-26(2,3)4)16-33(24(27)22-18(29-5)11-9-12-19(22)30-6)25(28)23-20(31-7)13-10-14-21(23)32-8;1-8(2)10(11)9-6-4-3-5-7-9/h9-14,17H,15-16H2,1-8H3;3-8H,1-2H3. The Hall–Kier alpha value is -3.70. The number of benzene rings is 3. The molecular formula is C36H47O7P. The lowest BCUT2D eigenvalue weighted by Gasteiger charge is -2.27. The zero-order valence-corrected chi connectivity index (χ0v) is 28.6. The molecule has 0 saturated heterocycles. The summed E-state index contributed by atoms with van der Waals surface area (Å²) in [6.07, 6.45) is 1.31. The van der Waals surface area contributed by atoms with Crippen LogP contribution in [0.25, 0.3) is 0 Å². The number of rotatable bonds is 13. The molecule has 238 valence electrons. The Labute approximate surface area is 264 Å². The number of methoxy groups -OCH3 is 4. The van der Waals surface area contributed by atoms with Crippen LogP contribution >= 0.6 is 7.92 Å². The zero-order valence-electron chi connectivity index (χ0n) is 27.7. The average molecular weight is 623 g/mol. The van der Waals surface area contributed by atoms with Crippen LogP contribution in [0.5, 0.6) is 23.0 Å². The molecule has 3 aromatic rings. The predicted octanol–water partition coefficient (Wildman–Crippen LogP) is 8.78. The predicted molar refractivity (Wildman–Crippen MR) is 178 cm³/mol. The molecule has 3 aromatic carbocycles. The average Bonchev–Trinajstić information content (AvgIpc) is 3.01. The van der Waals surface area contributed by atoms with E-state index in [9.17, 15) is 14.4 Å². The summed E-state index contributed by atoms with van der Waals surface area (Å²) >= 11 is 0. The van der Waals surface area contributed by atoms with E-state index in [2.05, 4.69) is 27.7 Å². The van der Waals surface area contributed by atoms with Crippen LogP contribution < -0.4 is 18.9 Å². The number of carbonyl (C=O) groups excluding carboxylic acids is 3. The Morgan fingerprint density at radius 3 is 1.34 bits per heavy atom. The second-order valence-electron chi connectivity index (χ2n) is 12.1. The fourth-order valence-electron chi connectivity index (χ4n) is 5.01. The molecule has 0 bridgehead atoms. The van der Waals surface area contributed by atoms with Crippen molar-refractivity contribution in [2.24, 2.45) is 17.3 Å². The Kier molecular flexibility index (Phi) is 14.1. The summed E-state index contributed by atoms with van der Waals surface area (Å²) < 4.78 is 21.9. The van der Waals surface area contributed by atoms with E-state index in [0.29, 0.717) is 40.3 Å². The molecule has 7 nitrogen and oxygen atoms in total.